The normalized spacial score (nSPS) is 10.6. The van der Waals surface area contributed by atoms with Crippen LogP contribution in [0.3, 0.4) is 0 Å². The Kier molecular flexibility index (Phi) is 5.11. The van der Waals surface area contributed by atoms with E-state index in [4.69, 9.17) is 11.6 Å². The molecule has 4 aromatic carbocycles. The molecule has 0 radical (unpaired) electrons. The van der Waals surface area contributed by atoms with E-state index in [0.717, 1.165) is 44.9 Å². The van der Waals surface area contributed by atoms with Crippen molar-refractivity contribution < 1.29 is 0 Å². The van der Waals surface area contributed by atoms with Gasteiger partial charge in [0.1, 0.15) is 5.82 Å². The molecule has 1 heterocycles. The predicted octanol–water partition coefficient (Wildman–Crippen LogP) is 7.73. The first-order chi connectivity index (χ1) is 15.8. The van der Waals surface area contributed by atoms with Crippen molar-refractivity contribution in [3.05, 3.63) is 126 Å². The van der Waals surface area contributed by atoms with E-state index in [-0.39, 0.29) is 0 Å². The van der Waals surface area contributed by atoms with Crippen molar-refractivity contribution in [2.75, 3.05) is 0 Å². The van der Waals surface area contributed by atoms with Crippen molar-refractivity contribution in [1.29, 1.82) is 0 Å². The molecule has 1 aromatic heterocycles. The van der Waals surface area contributed by atoms with E-state index in [1.54, 1.807) is 0 Å². The molecule has 0 bridgehead atoms. The molecule has 0 saturated heterocycles. The first-order valence-electron chi connectivity index (χ1n) is 10.5. The van der Waals surface area contributed by atoms with Crippen LogP contribution in [0.15, 0.2) is 109 Å². The van der Waals surface area contributed by atoms with Crippen LogP contribution in [0.25, 0.3) is 44.2 Å². The van der Waals surface area contributed by atoms with Gasteiger partial charge in [-0.05, 0) is 29.7 Å². The molecule has 3 heteroatoms. The lowest BCUT2D eigenvalue weighted by molar-refractivity contribution is 1.07. The van der Waals surface area contributed by atoms with Gasteiger partial charge in [0.25, 0.3) is 0 Å². The molecule has 0 amide bonds. The molecule has 0 aliphatic rings. The molecule has 152 valence electrons. The topological polar surface area (TPSA) is 22.2 Å². The number of nitrogens with zero attached hydrogens (tertiary/aromatic N) is 3. The first-order valence-corrected chi connectivity index (χ1v) is 10.5. The lowest BCUT2D eigenvalue weighted by Crippen LogP contribution is -2.02. The van der Waals surface area contributed by atoms with Crippen LogP contribution in [-0.2, 0) is 0 Å². The van der Waals surface area contributed by atoms with Crippen LogP contribution in [0.4, 0.5) is 5.69 Å². The molecule has 5 aromatic rings. The number of aromatic nitrogens is 2. The summed E-state index contributed by atoms with van der Waals surface area (Å²) in [5.41, 5.74) is 8.16. The molecule has 3 nitrogen and oxygen atoms in total. The van der Waals surface area contributed by atoms with E-state index in [9.17, 15) is 0 Å². The zero-order chi connectivity index (χ0) is 21.9. The van der Waals surface area contributed by atoms with Gasteiger partial charge in [-0.3, -0.25) is 4.57 Å². The summed E-state index contributed by atoms with van der Waals surface area (Å²) in [5.74, 6) is 0.815. The van der Waals surface area contributed by atoms with Gasteiger partial charge in [-0.25, -0.2) is 9.83 Å². The Morgan fingerprint density at radius 3 is 1.94 bits per heavy atom. The van der Waals surface area contributed by atoms with E-state index >= 15 is 0 Å². The van der Waals surface area contributed by atoms with Gasteiger partial charge in [0.2, 0.25) is 0 Å². The summed E-state index contributed by atoms with van der Waals surface area (Å²) in [6.07, 6.45) is 3.82. The molecule has 5 rings (SSSR count). The van der Waals surface area contributed by atoms with Gasteiger partial charge in [0.15, 0.2) is 5.69 Å². The van der Waals surface area contributed by atoms with Crippen LogP contribution < -0.4 is 0 Å². The number of para-hydroxylation sites is 1. The fourth-order valence-electron chi connectivity index (χ4n) is 4.07. The van der Waals surface area contributed by atoms with E-state index < -0.39 is 0 Å². The molecular weight excluding hydrogens is 390 g/mol. The highest BCUT2D eigenvalue weighted by atomic mass is 15.1. The van der Waals surface area contributed by atoms with Gasteiger partial charge >= 0.3 is 0 Å². The monoisotopic (exact) mass is 411 g/mol. The average Bonchev–Trinajstić information content (AvgIpc) is 3.34. The zero-order valence-electron chi connectivity index (χ0n) is 17.7. The average molecular weight is 412 g/mol. The SMILES string of the molecule is [C-]#[N+]c1cc(-c2nccn2-c2c(-c3ccccc3)cccc2-c2ccccc2)ccc1C. The largest absolute Gasteiger partial charge is 0.299 e. The molecule has 0 spiro atoms. The highest BCUT2D eigenvalue weighted by Crippen LogP contribution is 2.38. The molecule has 0 atom stereocenters. The van der Waals surface area contributed by atoms with Crippen LogP contribution >= 0.6 is 0 Å². The van der Waals surface area contributed by atoms with E-state index in [2.05, 4.69) is 76.1 Å². The summed E-state index contributed by atoms with van der Waals surface area (Å²) in [5, 5.41) is 0. The van der Waals surface area contributed by atoms with Crippen LogP contribution in [0.2, 0.25) is 0 Å². The molecule has 0 N–H and O–H groups in total. The summed E-state index contributed by atoms with van der Waals surface area (Å²) >= 11 is 0. The molecule has 0 aliphatic carbocycles. The first kappa shape index (κ1) is 19.5. The molecule has 0 unspecified atom stereocenters. The number of rotatable bonds is 4. The second-order valence-corrected chi connectivity index (χ2v) is 7.67. The minimum Gasteiger partial charge on any atom is -0.299 e. The maximum absolute atomic E-state index is 7.52. The molecular formula is C29H21N3. The highest BCUT2D eigenvalue weighted by molar-refractivity contribution is 5.86. The fourth-order valence-corrected chi connectivity index (χ4v) is 4.07. The summed E-state index contributed by atoms with van der Waals surface area (Å²) in [4.78, 5) is 8.38. The van der Waals surface area contributed by atoms with Crippen LogP contribution in [0.5, 0.6) is 0 Å². The van der Waals surface area contributed by atoms with Gasteiger partial charge in [0, 0.05) is 29.1 Å². The van der Waals surface area contributed by atoms with E-state index in [1.807, 2.05) is 49.6 Å². The van der Waals surface area contributed by atoms with Gasteiger partial charge < -0.3 is 0 Å². The Hall–Kier alpha value is -4.42. The Morgan fingerprint density at radius 1 is 0.719 bits per heavy atom. The molecule has 0 fully saturated rings. The number of hydrogen-bond acceptors (Lipinski definition) is 1. The smallest absolute Gasteiger partial charge is 0.190 e. The lowest BCUT2D eigenvalue weighted by Gasteiger charge is -2.19. The molecule has 0 aliphatic heterocycles. The van der Waals surface area contributed by atoms with Crippen molar-refractivity contribution in [2.45, 2.75) is 6.92 Å². The fraction of sp³-hybridized carbons (Fsp3) is 0.0345. The molecule has 0 saturated carbocycles. The van der Waals surface area contributed by atoms with Crippen molar-refractivity contribution in [3.63, 3.8) is 0 Å². The van der Waals surface area contributed by atoms with Crippen molar-refractivity contribution in [2.24, 2.45) is 0 Å². The standard InChI is InChI=1S/C29H21N3/c1-21-16-17-24(20-27(21)30-2)29-31-18-19-32(29)28-25(22-10-5-3-6-11-22)14-9-15-26(28)23-12-7-4-8-13-23/h3-20H,1H3. The number of aryl methyl sites for hydroxylation is 1. The minimum atomic E-state index is 0.650. The van der Waals surface area contributed by atoms with Crippen LogP contribution in [0.1, 0.15) is 5.56 Å². The van der Waals surface area contributed by atoms with Gasteiger partial charge in [-0.15, -0.1) is 0 Å². The predicted molar refractivity (Wildman–Crippen MR) is 131 cm³/mol. The maximum Gasteiger partial charge on any atom is 0.190 e. The van der Waals surface area contributed by atoms with Gasteiger partial charge in [0.05, 0.1) is 12.3 Å². The Balaban J connectivity index is 1.80. The Labute approximate surface area is 188 Å². The summed E-state index contributed by atoms with van der Waals surface area (Å²) in [7, 11) is 0. The second kappa shape index (κ2) is 8.37. The summed E-state index contributed by atoms with van der Waals surface area (Å²) in [6.45, 7) is 9.48. The highest BCUT2D eigenvalue weighted by Gasteiger charge is 2.17. The van der Waals surface area contributed by atoms with E-state index in [0.29, 0.717) is 5.69 Å². The van der Waals surface area contributed by atoms with Crippen LogP contribution in [-0.4, -0.2) is 9.55 Å². The third-order valence-electron chi connectivity index (χ3n) is 5.68. The minimum absolute atomic E-state index is 0.650. The number of imidazole rings is 1. The van der Waals surface area contributed by atoms with Crippen molar-refractivity contribution in [1.82, 2.24) is 9.55 Å². The summed E-state index contributed by atoms with van der Waals surface area (Å²) < 4.78 is 2.14. The second-order valence-electron chi connectivity index (χ2n) is 7.67. The van der Waals surface area contributed by atoms with Crippen molar-refractivity contribution >= 4 is 5.69 Å². The van der Waals surface area contributed by atoms with Gasteiger partial charge in [-0.2, -0.15) is 0 Å². The van der Waals surface area contributed by atoms with Gasteiger partial charge in [-0.1, -0.05) is 91.0 Å². The van der Waals surface area contributed by atoms with Crippen LogP contribution in [0, 0.1) is 13.5 Å². The summed E-state index contributed by atoms with van der Waals surface area (Å²) in [6, 6.07) is 33.2. The third kappa shape index (κ3) is 3.49. The lowest BCUT2D eigenvalue weighted by atomic mass is 9.95. The quantitative estimate of drug-likeness (QED) is 0.277. The number of benzene rings is 4. The van der Waals surface area contributed by atoms with E-state index in [1.165, 1.54) is 0 Å². The Bertz CT molecular complexity index is 1370. The van der Waals surface area contributed by atoms with Crippen molar-refractivity contribution in [3.8, 4) is 39.3 Å². The Morgan fingerprint density at radius 2 is 1.34 bits per heavy atom. The molecule has 32 heavy (non-hydrogen) atoms. The zero-order valence-corrected chi connectivity index (χ0v) is 17.7. The third-order valence-corrected chi connectivity index (χ3v) is 5.68. The number of hydrogen-bond donors (Lipinski definition) is 0. The maximum atomic E-state index is 7.52.